The highest BCUT2D eigenvalue weighted by molar-refractivity contribution is 5.70. The van der Waals surface area contributed by atoms with Crippen molar-refractivity contribution in [1.82, 2.24) is 5.32 Å². The first-order valence-corrected chi connectivity index (χ1v) is 5.34. The van der Waals surface area contributed by atoms with Crippen molar-refractivity contribution in [3.05, 3.63) is 0 Å². The lowest BCUT2D eigenvalue weighted by molar-refractivity contribution is -0.141. The van der Waals surface area contributed by atoms with Crippen LogP contribution in [0.1, 0.15) is 41.0 Å². The Kier molecular flexibility index (Phi) is 5.27. The van der Waals surface area contributed by atoms with Crippen LogP contribution in [-0.4, -0.2) is 28.8 Å². The maximum absolute atomic E-state index is 11.3. The van der Waals surface area contributed by atoms with Crippen molar-refractivity contribution in [1.29, 1.82) is 0 Å². The van der Waals surface area contributed by atoms with Gasteiger partial charge < -0.3 is 15.2 Å². The first-order chi connectivity index (χ1) is 7.11. The Hall–Kier alpha value is -1.26. The SMILES string of the molecule is C[C@H](C[C@@H](C)C(=O)O)NC(=O)OC(C)(C)C. The number of rotatable bonds is 4. The Morgan fingerprint density at radius 1 is 1.31 bits per heavy atom. The molecule has 0 spiro atoms. The van der Waals surface area contributed by atoms with Gasteiger partial charge in [0.05, 0.1) is 5.92 Å². The van der Waals surface area contributed by atoms with Gasteiger partial charge in [0, 0.05) is 6.04 Å². The molecular weight excluding hydrogens is 210 g/mol. The number of hydrogen-bond acceptors (Lipinski definition) is 3. The van der Waals surface area contributed by atoms with Crippen LogP contribution in [0.2, 0.25) is 0 Å². The maximum atomic E-state index is 11.3. The van der Waals surface area contributed by atoms with Gasteiger partial charge in [0.1, 0.15) is 5.60 Å². The quantitative estimate of drug-likeness (QED) is 0.776. The summed E-state index contributed by atoms with van der Waals surface area (Å²) in [5.74, 6) is -1.34. The number of ether oxygens (including phenoxy) is 1. The fourth-order valence-corrected chi connectivity index (χ4v) is 1.20. The number of alkyl carbamates (subject to hydrolysis) is 1. The van der Waals surface area contributed by atoms with Crippen LogP contribution in [0.4, 0.5) is 4.79 Å². The first kappa shape index (κ1) is 14.7. The molecule has 1 amide bonds. The number of nitrogens with one attached hydrogen (secondary N) is 1. The highest BCUT2D eigenvalue weighted by Gasteiger charge is 2.20. The highest BCUT2D eigenvalue weighted by Crippen LogP contribution is 2.09. The van der Waals surface area contributed by atoms with Gasteiger partial charge >= 0.3 is 12.1 Å². The molecule has 0 saturated carbocycles. The van der Waals surface area contributed by atoms with Crippen LogP contribution in [-0.2, 0) is 9.53 Å². The zero-order valence-electron chi connectivity index (χ0n) is 10.5. The number of aliphatic carboxylic acids is 1. The molecule has 0 aromatic carbocycles. The van der Waals surface area contributed by atoms with Crippen LogP contribution >= 0.6 is 0 Å². The number of amides is 1. The van der Waals surface area contributed by atoms with Gasteiger partial charge in [-0.1, -0.05) is 6.92 Å². The second-order valence-corrected chi connectivity index (χ2v) is 5.02. The van der Waals surface area contributed by atoms with Crippen molar-refractivity contribution in [2.24, 2.45) is 5.92 Å². The van der Waals surface area contributed by atoms with E-state index in [1.165, 1.54) is 0 Å². The van der Waals surface area contributed by atoms with Crippen molar-refractivity contribution in [2.75, 3.05) is 0 Å². The topological polar surface area (TPSA) is 75.6 Å². The number of hydrogen-bond donors (Lipinski definition) is 2. The average Bonchev–Trinajstić information content (AvgIpc) is 1.98. The minimum absolute atomic E-state index is 0.221. The number of carboxylic acids is 1. The number of carboxylic acid groups (broad SMARTS) is 1. The third kappa shape index (κ3) is 7.09. The van der Waals surface area contributed by atoms with Crippen molar-refractivity contribution in [3.63, 3.8) is 0 Å². The van der Waals surface area contributed by atoms with Gasteiger partial charge in [-0.3, -0.25) is 4.79 Å². The van der Waals surface area contributed by atoms with E-state index < -0.39 is 23.6 Å². The van der Waals surface area contributed by atoms with Crippen molar-refractivity contribution >= 4 is 12.1 Å². The lowest BCUT2D eigenvalue weighted by Crippen LogP contribution is -2.38. The second-order valence-electron chi connectivity index (χ2n) is 5.02. The molecule has 0 fully saturated rings. The molecule has 16 heavy (non-hydrogen) atoms. The molecule has 0 bridgehead atoms. The molecule has 5 nitrogen and oxygen atoms in total. The van der Waals surface area contributed by atoms with E-state index in [1.807, 2.05) is 0 Å². The summed E-state index contributed by atoms with van der Waals surface area (Å²) in [6.45, 7) is 8.68. The third-order valence-corrected chi connectivity index (χ3v) is 1.89. The van der Waals surface area contributed by atoms with E-state index in [-0.39, 0.29) is 6.04 Å². The monoisotopic (exact) mass is 231 g/mol. The molecule has 94 valence electrons. The zero-order valence-corrected chi connectivity index (χ0v) is 10.5. The summed E-state index contributed by atoms with van der Waals surface area (Å²) in [5, 5.41) is 11.3. The smallest absolute Gasteiger partial charge is 0.407 e. The van der Waals surface area contributed by atoms with Gasteiger partial charge in [0.2, 0.25) is 0 Å². The average molecular weight is 231 g/mol. The maximum Gasteiger partial charge on any atom is 0.407 e. The summed E-state index contributed by atoms with van der Waals surface area (Å²) >= 11 is 0. The Balaban J connectivity index is 4.01. The summed E-state index contributed by atoms with van der Waals surface area (Å²) in [6, 6.07) is -0.221. The summed E-state index contributed by atoms with van der Waals surface area (Å²) in [4.78, 5) is 21.9. The highest BCUT2D eigenvalue weighted by atomic mass is 16.6. The van der Waals surface area contributed by atoms with Crippen LogP contribution in [0.15, 0.2) is 0 Å². The molecule has 0 saturated heterocycles. The Morgan fingerprint density at radius 2 is 1.81 bits per heavy atom. The zero-order chi connectivity index (χ0) is 12.9. The van der Waals surface area contributed by atoms with Crippen molar-refractivity contribution in [2.45, 2.75) is 52.7 Å². The van der Waals surface area contributed by atoms with Gasteiger partial charge in [-0.25, -0.2) is 4.79 Å². The van der Waals surface area contributed by atoms with Gasteiger partial charge in [0.25, 0.3) is 0 Å². The van der Waals surface area contributed by atoms with Crippen molar-refractivity contribution < 1.29 is 19.4 Å². The second kappa shape index (κ2) is 5.72. The Morgan fingerprint density at radius 3 is 2.19 bits per heavy atom. The minimum atomic E-state index is -0.863. The normalized spacial score (nSPS) is 15.1. The van der Waals surface area contributed by atoms with E-state index in [4.69, 9.17) is 9.84 Å². The van der Waals surface area contributed by atoms with Crippen LogP contribution in [0.3, 0.4) is 0 Å². The number of carbonyl (C=O) groups excluding carboxylic acids is 1. The van der Waals surface area contributed by atoms with E-state index in [2.05, 4.69) is 5.32 Å². The molecule has 0 unspecified atom stereocenters. The predicted octanol–water partition coefficient (Wildman–Crippen LogP) is 2.01. The van der Waals surface area contributed by atoms with Crippen LogP contribution in [0.5, 0.6) is 0 Å². The fourth-order valence-electron chi connectivity index (χ4n) is 1.20. The molecular formula is C11H21NO4. The van der Waals surface area contributed by atoms with E-state index >= 15 is 0 Å². The van der Waals surface area contributed by atoms with E-state index in [0.717, 1.165) is 0 Å². The van der Waals surface area contributed by atoms with Crippen LogP contribution in [0, 0.1) is 5.92 Å². The molecule has 2 atom stereocenters. The minimum Gasteiger partial charge on any atom is -0.481 e. The van der Waals surface area contributed by atoms with Gasteiger partial charge in [-0.15, -0.1) is 0 Å². The molecule has 0 aromatic heterocycles. The van der Waals surface area contributed by atoms with Gasteiger partial charge in [0.15, 0.2) is 0 Å². The summed E-state index contributed by atoms with van der Waals surface area (Å²) in [6.07, 6.45) is -0.133. The molecule has 0 aliphatic rings. The third-order valence-electron chi connectivity index (χ3n) is 1.89. The van der Waals surface area contributed by atoms with Gasteiger partial charge in [-0.05, 0) is 34.1 Å². The van der Waals surface area contributed by atoms with Crippen molar-refractivity contribution in [3.8, 4) is 0 Å². The Bertz CT molecular complexity index is 257. The standard InChI is InChI=1S/C11H21NO4/c1-7(9(13)14)6-8(2)12-10(15)16-11(3,4)5/h7-8H,6H2,1-5H3,(H,12,15)(H,13,14)/t7-,8-/m1/s1. The summed E-state index contributed by atoms with van der Waals surface area (Å²) in [5.41, 5.74) is -0.539. The van der Waals surface area contributed by atoms with E-state index in [0.29, 0.717) is 6.42 Å². The molecule has 0 heterocycles. The molecule has 0 aliphatic heterocycles. The summed E-state index contributed by atoms with van der Waals surface area (Å²) < 4.78 is 5.05. The molecule has 0 aromatic rings. The molecule has 2 N–H and O–H groups in total. The van der Waals surface area contributed by atoms with Gasteiger partial charge in [-0.2, -0.15) is 0 Å². The molecule has 0 radical (unpaired) electrons. The Labute approximate surface area is 96.2 Å². The fraction of sp³-hybridized carbons (Fsp3) is 0.818. The summed E-state index contributed by atoms with van der Waals surface area (Å²) in [7, 11) is 0. The predicted molar refractivity (Wildman–Crippen MR) is 60.2 cm³/mol. The lowest BCUT2D eigenvalue weighted by atomic mass is 10.0. The first-order valence-electron chi connectivity index (χ1n) is 5.34. The van der Waals surface area contributed by atoms with Crippen LogP contribution < -0.4 is 5.32 Å². The molecule has 0 aliphatic carbocycles. The molecule has 5 heteroatoms. The molecule has 0 rings (SSSR count). The largest absolute Gasteiger partial charge is 0.481 e. The van der Waals surface area contributed by atoms with E-state index in [9.17, 15) is 9.59 Å². The van der Waals surface area contributed by atoms with E-state index in [1.54, 1.807) is 34.6 Å². The van der Waals surface area contributed by atoms with Crippen LogP contribution in [0.25, 0.3) is 0 Å². The lowest BCUT2D eigenvalue weighted by Gasteiger charge is -2.22. The number of carbonyl (C=O) groups is 2.